The van der Waals surface area contributed by atoms with E-state index >= 15 is 0 Å². The third-order valence-corrected chi connectivity index (χ3v) is 10.9. The van der Waals surface area contributed by atoms with Crippen molar-refractivity contribution in [1.29, 1.82) is 0 Å². The number of piperazine rings is 1. The zero-order valence-corrected chi connectivity index (χ0v) is 27.4. The fraction of sp³-hybridized carbons (Fsp3) is 0.471. The van der Waals surface area contributed by atoms with Gasteiger partial charge in [-0.15, -0.1) is 0 Å². The summed E-state index contributed by atoms with van der Waals surface area (Å²) in [7, 11) is 3.81. The number of rotatable bonds is 7. The fourth-order valence-electron chi connectivity index (χ4n) is 7.71. The molecular weight excluding hydrogens is 634 g/mol. The summed E-state index contributed by atoms with van der Waals surface area (Å²) in [5.74, 6) is -0.204. The topological polar surface area (TPSA) is 103 Å². The van der Waals surface area contributed by atoms with Crippen molar-refractivity contribution in [3.63, 3.8) is 0 Å². The van der Waals surface area contributed by atoms with Gasteiger partial charge in [-0.3, -0.25) is 24.6 Å². The number of nitrogens with zero attached hydrogens (tertiary/aromatic N) is 5. The van der Waals surface area contributed by atoms with Gasteiger partial charge in [-0.1, -0.05) is 36.4 Å². The van der Waals surface area contributed by atoms with Gasteiger partial charge in [0.05, 0.1) is 17.8 Å². The summed E-state index contributed by atoms with van der Waals surface area (Å²) in [6.45, 7) is 4.83. The monoisotopic (exact) mass is 673 g/mol. The van der Waals surface area contributed by atoms with Crippen LogP contribution in [0, 0.1) is 0 Å². The van der Waals surface area contributed by atoms with Crippen LogP contribution in [0.2, 0.25) is 0 Å². The van der Waals surface area contributed by atoms with E-state index in [2.05, 4.69) is 89.8 Å². The molecule has 236 valence electrons. The second-order valence-electron chi connectivity index (χ2n) is 13.3. The van der Waals surface area contributed by atoms with Crippen LogP contribution >= 0.6 is 15.9 Å². The molecule has 10 nitrogen and oxygen atoms in total. The van der Waals surface area contributed by atoms with Crippen LogP contribution in [-0.2, 0) is 23.2 Å². The van der Waals surface area contributed by atoms with Crippen molar-refractivity contribution in [2.24, 2.45) is 7.05 Å². The number of fused-ring (bicyclic) bond motifs is 2. The molecule has 5 aliphatic heterocycles. The van der Waals surface area contributed by atoms with Gasteiger partial charge in [-0.2, -0.15) is 5.10 Å². The van der Waals surface area contributed by atoms with E-state index in [9.17, 15) is 14.4 Å². The molecule has 8 rings (SSSR count). The van der Waals surface area contributed by atoms with Crippen molar-refractivity contribution < 1.29 is 9.59 Å². The number of hydrogen-bond acceptors (Lipinski definition) is 8. The number of carbonyl (C=O) groups is 2. The van der Waals surface area contributed by atoms with E-state index in [0.29, 0.717) is 35.3 Å². The average molecular weight is 675 g/mol. The van der Waals surface area contributed by atoms with Crippen molar-refractivity contribution >= 4 is 39.1 Å². The van der Waals surface area contributed by atoms with Crippen LogP contribution in [0.1, 0.15) is 54.2 Å². The third-order valence-electron chi connectivity index (χ3n) is 10.1. The van der Waals surface area contributed by atoms with E-state index in [4.69, 9.17) is 0 Å². The maximum Gasteiger partial charge on any atom is 0.282 e. The smallest absolute Gasteiger partial charge is 0.282 e. The number of nitrogens with one attached hydrogen (secondary N) is 2. The van der Waals surface area contributed by atoms with E-state index < -0.39 is 0 Å². The summed E-state index contributed by atoms with van der Waals surface area (Å²) >= 11 is 3.45. The average Bonchev–Trinajstić information content (AvgIpc) is 3.04. The highest BCUT2D eigenvalue weighted by Crippen LogP contribution is 2.37. The zero-order valence-electron chi connectivity index (χ0n) is 25.8. The molecule has 2 bridgehead atoms. The Morgan fingerprint density at radius 2 is 1.73 bits per heavy atom. The number of aromatic nitrogens is 2. The number of likely N-dealkylation sites (N-methyl/N-ethyl adjacent to an activating group) is 1. The summed E-state index contributed by atoms with van der Waals surface area (Å²) in [5, 5.41) is 10.2. The van der Waals surface area contributed by atoms with E-state index in [1.807, 2.05) is 12.1 Å². The lowest BCUT2D eigenvalue weighted by atomic mass is 9.85. The number of amides is 2. The van der Waals surface area contributed by atoms with Crippen molar-refractivity contribution in [1.82, 2.24) is 24.9 Å². The zero-order chi connectivity index (χ0) is 31.2. The van der Waals surface area contributed by atoms with Gasteiger partial charge in [0.1, 0.15) is 4.47 Å². The van der Waals surface area contributed by atoms with Crippen LogP contribution in [-0.4, -0.2) is 82.7 Å². The molecule has 0 spiro atoms. The molecule has 2 aromatic carbocycles. The molecule has 5 saturated heterocycles. The van der Waals surface area contributed by atoms with Crippen LogP contribution in [0.5, 0.6) is 0 Å². The molecule has 5 unspecified atom stereocenters. The summed E-state index contributed by atoms with van der Waals surface area (Å²) in [5.41, 5.74) is 5.46. The van der Waals surface area contributed by atoms with Crippen LogP contribution in [0.4, 0.5) is 11.4 Å². The first-order chi connectivity index (χ1) is 21.7. The molecule has 2 N–H and O–H groups in total. The van der Waals surface area contributed by atoms with Crippen LogP contribution in [0.25, 0.3) is 0 Å². The Morgan fingerprint density at radius 3 is 2.49 bits per heavy atom. The quantitative estimate of drug-likeness (QED) is 0.368. The summed E-state index contributed by atoms with van der Waals surface area (Å²) < 4.78 is 1.86. The lowest BCUT2D eigenvalue weighted by molar-refractivity contribution is -0.134. The van der Waals surface area contributed by atoms with Crippen LogP contribution in [0.15, 0.2) is 64.0 Å². The molecule has 45 heavy (non-hydrogen) atoms. The highest BCUT2D eigenvalue weighted by atomic mass is 79.9. The third kappa shape index (κ3) is 6.17. The first-order valence-electron chi connectivity index (χ1n) is 15.9. The van der Waals surface area contributed by atoms with Crippen molar-refractivity contribution in [3.8, 4) is 0 Å². The van der Waals surface area contributed by atoms with Crippen LogP contribution in [0.3, 0.4) is 0 Å². The van der Waals surface area contributed by atoms with Crippen molar-refractivity contribution in [2.45, 2.75) is 62.2 Å². The summed E-state index contributed by atoms with van der Waals surface area (Å²) in [4.78, 5) is 43.8. The number of likely N-dealkylation sites (tertiary alicyclic amines) is 1. The minimum Gasteiger partial charge on any atom is -0.379 e. The molecule has 0 saturated carbocycles. The largest absolute Gasteiger partial charge is 0.379 e. The van der Waals surface area contributed by atoms with E-state index in [1.54, 1.807) is 13.2 Å². The number of benzene rings is 2. The predicted molar refractivity (Wildman–Crippen MR) is 177 cm³/mol. The van der Waals surface area contributed by atoms with Gasteiger partial charge in [0.25, 0.3) is 5.56 Å². The lowest BCUT2D eigenvalue weighted by Crippen LogP contribution is -2.68. The van der Waals surface area contributed by atoms with Gasteiger partial charge in [0, 0.05) is 70.0 Å². The number of halogens is 1. The minimum absolute atomic E-state index is 0.144. The molecule has 1 aromatic heterocycles. The number of anilines is 2. The van der Waals surface area contributed by atoms with Crippen molar-refractivity contribution in [2.75, 3.05) is 43.4 Å². The Kier molecular flexibility index (Phi) is 8.26. The molecule has 0 aliphatic carbocycles. The minimum atomic E-state index is -0.253. The molecule has 5 aliphatic rings. The molecular formula is C34H40BrN7O3. The van der Waals surface area contributed by atoms with Gasteiger partial charge in [-0.05, 0) is 77.0 Å². The second-order valence-corrected chi connectivity index (χ2v) is 14.1. The highest BCUT2D eigenvalue weighted by Gasteiger charge is 2.44. The molecule has 2 amide bonds. The van der Waals surface area contributed by atoms with Gasteiger partial charge < -0.3 is 15.1 Å². The highest BCUT2D eigenvalue weighted by molar-refractivity contribution is 9.10. The lowest BCUT2D eigenvalue weighted by Gasteiger charge is -2.57. The Bertz CT molecular complexity index is 1650. The second kappa shape index (κ2) is 12.3. The first-order valence-corrected chi connectivity index (χ1v) is 16.7. The van der Waals surface area contributed by atoms with Gasteiger partial charge in [0.2, 0.25) is 11.8 Å². The Hall–Kier alpha value is -3.54. The molecule has 6 heterocycles. The fourth-order valence-corrected chi connectivity index (χ4v) is 8.18. The van der Waals surface area contributed by atoms with Gasteiger partial charge in [0.15, 0.2) is 0 Å². The number of aryl methyl sites for hydroxylation is 1. The van der Waals surface area contributed by atoms with Gasteiger partial charge >= 0.3 is 0 Å². The standard InChI is InChI=1S/C34H40BrN7O3/c1-39-17-24(12-25(18-39)37-30-15-36-40(2)34(45)32(30)35)22-8-6-21(7-9-22)16-42-27-14-28(42)20-41(19-27)26-5-3-4-23(13-26)29-10-11-31(43)38-33(29)44/h3-9,13,15,24-25,27-29,37H,10-12,14,16-20H2,1-2H3,(H,38,43,44). The Labute approximate surface area is 271 Å². The van der Waals surface area contributed by atoms with E-state index in [1.165, 1.54) is 27.9 Å². The van der Waals surface area contributed by atoms with Gasteiger partial charge in [-0.25, -0.2) is 4.68 Å². The van der Waals surface area contributed by atoms with E-state index in [-0.39, 0.29) is 29.3 Å². The van der Waals surface area contributed by atoms with E-state index in [0.717, 1.165) is 50.4 Å². The SMILES string of the molecule is CN1CC(Nc2cnn(C)c(=O)c2Br)CC(c2ccc(CN3C4CC3CN(c3cccc(C5CCC(=O)NC5=O)c3)C4)cc2)C1. The van der Waals surface area contributed by atoms with Crippen molar-refractivity contribution in [3.05, 3.63) is 86.2 Å². The molecule has 0 radical (unpaired) electrons. The number of carbonyl (C=O) groups excluding carboxylic acids is 2. The maximum atomic E-state index is 12.4. The molecule has 5 atom stereocenters. The maximum absolute atomic E-state index is 12.4. The predicted octanol–water partition coefficient (Wildman–Crippen LogP) is 3.43. The summed E-state index contributed by atoms with van der Waals surface area (Å²) in [6, 6.07) is 18.8. The number of piperidine rings is 3. The normalized spacial score (nSPS) is 27.2. The van der Waals surface area contributed by atoms with Crippen LogP contribution < -0.4 is 21.1 Å². The summed E-state index contributed by atoms with van der Waals surface area (Å²) in [6.07, 6.45) is 4.90. The Balaban J connectivity index is 0.956. The molecule has 11 heteroatoms. The molecule has 3 aromatic rings. The Morgan fingerprint density at radius 1 is 0.956 bits per heavy atom. The first kappa shape index (κ1) is 30.1. The number of hydrogen-bond donors (Lipinski definition) is 2. The number of imide groups is 1. The molecule has 5 fully saturated rings.